The molecule has 9 atom stereocenters. The highest BCUT2D eigenvalue weighted by molar-refractivity contribution is 5.84. The summed E-state index contributed by atoms with van der Waals surface area (Å²) in [5.41, 5.74) is 5.13. The van der Waals surface area contributed by atoms with Crippen LogP contribution in [0.2, 0.25) is 0 Å². The lowest BCUT2D eigenvalue weighted by molar-refractivity contribution is -0.175. The molecule has 1 aromatic rings. The third-order valence-electron chi connectivity index (χ3n) is 14.9. The second-order valence-corrected chi connectivity index (χ2v) is 16.5. The van der Waals surface area contributed by atoms with Crippen LogP contribution >= 0.6 is 0 Å². The number of rotatable bonds is 1. The van der Waals surface area contributed by atoms with Crippen molar-refractivity contribution in [3.8, 4) is 0 Å². The summed E-state index contributed by atoms with van der Waals surface area (Å²) in [7, 11) is 0. The van der Waals surface area contributed by atoms with Crippen molar-refractivity contribution in [1.82, 2.24) is 20.4 Å². The molecule has 6 aliphatic rings. The maximum absolute atomic E-state index is 14.6. The number of allylic oxidation sites excluding steroid dienone is 2. The topological polar surface area (TPSA) is 61.0 Å². The van der Waals surface area contributed by atoms with Gasteiger partial charge in [0.1, 0.15) is 0 Å². The van der Waals surface area contributed by atoms with Crippen molar-refractivity contribution in [1.29, 1.82) is 0 Å². The molecule has 2 N–H and O–H groups in total. The molecule has 5 nitrogen and oxygen atoms in total. The van der Waals surface area contributed by atoms with Crippen LogP contribution in [0.15, 0.2) is 17.8 Å². The lowest BCUT2D eigenvalue weighted by Crippen LogP contribution is -2.66. The minimum atomic E-state index is -0.197. The van der Waals surface area contributed by atoms with Crippen LogP contribution in [0.4, 0.5) is 0 Å². The Balaban J connectivity index is 1.32. The molecular weight excluding hydrogens is 492 g/mol. The molecule has 1 aliphatic heterocycles. The first-order valence-corrected chi connectivity index (χ1v) is 16.6. The van der Waals surface area contributed by atoms with Crippen LogP contribution in [0.1, 0.15) is 105 Å². The Morgan fingerprint density at radius 1 is 0.975 bits per heavy atom. The monoisotopic (exact) mass is 546 g/mol. The summed E-state index contributed by atoms with van der Waals surface area (Å²) in [6.07, 6.45) is 14.3. The fourth-order valence-corrected chi connectivity index (χ4v) is 12.4. The van der Waals surface area contributed by atoms with Gasteiger partial charge < -0.3 is 10.2 Å². The van der Waals surface area contributed by atoms with Crippen molar-refractivity contribution in [3.05, 3.63) is 29.1 Å². The first kappa shape index (κ1) is 27.2. The van der Waals surface area contributed by atoms with Crippen LogP contribution in [0, 0.1) is 51.2 Å². The van der Waals surface area contributed by atoms with Crippen molar-refractivity contribution in [2.24, 2.45) is 51.2 Å². The third kappa shape index (κ3) is 3.25. The van der Waals surface area contributed by atoms with E-state index < -0.39 is 0 Å². The van der Waals surface area contributed by atoms with Gasteiger partial charge in [-0.25, -0.2) is 0 Å². The number of hydrogen-bond acceptors (Lipinski definition) is 3. The summed E-state index contributed by atoms with van der Waals surface area (Å²) in [6, 6.07) is 0. The fraction of sp³-hybridized carbons (Fsp3) is 0.829. The zero-order chi connectivity index (χ0) is 28.3. The summed E-state index contributed by atoms with van der Waals surface area (Å²) in [6.45, 7) is 21.5. The first-order valence-electron chi connectivity index (χ1n) is 16.6. The van der Waals surface area contributed by atoms with Crippen LogP contribution in [0.3, 0.4) is 0 Å². The van der Waals surface area contributed by atoms with Gasteiger partial charge in [-0.3, -0.25) is 9.89 Å². The summed E-state index contributed by atoms with van der Waals surface area (Å²) >= 11 is 0. The van der Waals surface area contributed by atoms with Crippen LogP contribution in [-0.4, -0.2) is 47.2 Å². The number of hydrogen-bond donors (Lipinski definition) is 2. The molecule has 0 spiro atoms. The molecule has 3 saturated carbocycles. The van der Waals surface area contributed by atoms with Gasteiger partial charge in [-0.05, 0) is 103 Å². The Labute approximate surface area is 242 Å². The molecule has 0 radical (unpaired) electrons. The summed E-state index contributed by atoms with van der Waals surface area (Å²) in [4.78, 5) is 16.8. The summed E-state index contributed by atoms with van der Waals surface area (Å²) < 4.78 is 0. The van der Waals surface area contributed by atoms with Gasteiger partial charge in [0.15, 0.2) is 0 Å². The number of piperazine rings is 1. The van der Waals surface area contributed by atoms with Crippen molar-refractivity contribution in [3.63, 3.8) is 0 Å². The van der Waals surface area contributed by atoms with E-state index in [-0.39, 0.29) is 27.1 Å². The van der Waals surface area contributed by atoms with E-state index >= 15 is 0 Å². The Bertz CT molecular complexity index is 1230. The van der Waals surface area contributed by atoms with Crippen molar-refractivity contribution < 1.29 is 4.79 Å². The van der Waals surface area contributed by atoms with E-state index in [1.54, 1.807) is 5.57 Å². The molecule has 40 heavy (non-hydrogen) atoms. The van der Waals surface area contributed by atoms with E-state index in [1.165, 1.54) is 43.4 Å². The predicted molar refractivity (Wildman–Crippen MR) is 161 cm³/mol. The van der Waals surface area contributed by atoms with Crippen molar-refractivity contribution in [2.45, 2.75) is 105 Å². The number of fused-ring (bicyclic) bond motifs is 8. The van der Waals surface area contributed by atoms with Gasteiger partial charge in [-0.15, -0.1) is 0 Å². The second-order valence-electron chi connectivity index (χ2n) is 16.5. The Kier molecular flexibility index (Phi) is 5.93. The van der Waals surface area contributed by atoms with Crippen LogP contribution in [-0.2, 0) is 16.6 Å². The Morgan fingerprint density at radius 2 is 1.73 bits per heavy atom. The van der Waals surface area contributed by atoms with Gasteiger partial charge in [0, 0.05) is 37.3 Å². The molecule has 0 bridgehead atoms. The molecule has 5 aliphatic carbocycles. The minimum Gasteiger partial charge on any atom is -0.340 e. The lowest BCUT2D eigenvalue weighted by atomic mass is 9.33. The van der Waals surface area contributed by atoms with E-state index in [1.807, 2.05) is 0 Å². The van der Waals surface area contributed by atoms with Gasteiger partial charge in [0.2, 0.25) is 5.91 Å². The minimum absolute atomic E-state index is 0.121. The number of aromatic nitrogens is 2. The maximum atomic E-state index is 14.6. The zero-order valence-electron chi connectivity index (χ0n) is 26.3. The Hall–Kier alpha value is -1.62. The summed E-state index contributed by atoms with van der Waals surface area (Å²) in [5, 5.41) is 11.4. The quantitative estimate of drug-likeness (QED) is 0.395. The van der Waals surface area contributed by atoms with E-state index in [9.17, 15) is 4.79 Å². The number of aromatic amines is 1. The molecule has 0 unspecified atom stereocenters. The van der Waals surface area contributed by atoms with Crippen molar-refractivity contribution in [2.75, 3.05) is 26.2 Å². The molecule has 4 fully saturated rings. The average molecular weight is 547 g/mol. The maximum Gasteiger partial charge on any atom is 0.229 e. The van der Waals surface area contributed by atoms with Crippen LogP contribution in [0.25, 0.3) is 0 Å². The van der Waals surface area contributed by atoms with Gasteiger partial charge in [0.05, 0.1) is 11.6 Å². The molecule has 1 aromatic heterocycles. The van der Waals surface area contributed by atoms with E-state index in [4.69, 9.17) is 0 Å². The highest BCUT2D eigenvalue weighted by atomic mass is 16.2. The van der Waals surface area contributed by atoms with Crippen molar-refractivity contribution >= 4 is 5.91 Å². The lowest BCUT2D eigenvalue weighted by Gasteiger charge is -2.71. The highest BCUT2D eigenvalue weighted by Crippen LogP contribution is 2.75. The second kappa shape index (κ2) is 8.71. The number of nitrogens with zero attached hydrogens (tertiary/aromatic N) is 2. The number of carbonyl (C=O) groups is 1. The van der Waals surface area contributed by atoms with Crippen LogP contribution < -0.4 is 5.32 Å². The molecule has 0 aromatic carbocycles. The molecule has 5 heteroatoms. The summed E-state index contributed by atoms with van der Waals surface area (Å²) in [5.74, 6) is 3.43. The molecule has 220 valence electrons. The molecule has 7 rings (SSSR count). The fourth-order valence-electron chi connectivity index (χ4n) is 12.4. The normalized spacial score (nSPS) is 47.6. The highest BCUT2D eigenvalue weighted by Gasteiger charge is 2.69. The molecule has 1 amide bonds. The third-order valence-corrected chi connectivity index (χ3v) is 14.9. The standard InChI is InChI=1S/C35H54N4O/c1-22-10-13-35(30(40)39-18-16-36-17-19-39)15-14-33(6)25(28(35)23(22)2)8-9-27-32(5)20-24-21-37-38-29(24)31(3,4)26(32)11-12-34(27,33)7/h8,21-23,26-28,36H,9-20H2,1-7H3,(H,37,38)/t22-,23+,26+,27-,28+,32+,33-,34-,35+/m1/s1. The molecular formula is C35H54N4O. The van der Waals surface area contributed by atoms with Gasteiger partial charge in [-0.1, -0.05) is 60.1 Å². The number of carbonyl (C=O) groups excluding carboxylic acids is 1. The smallest absolute Gasteiger partial charge is 0.229 e. The SMILES string of the molecule is C[C@H]1[C@H](C)CC[C@]2(C(=O)N3CCNCC3)CC[C@]3(C)C(=CC[C@@H]4[C@@]5(C)Cc6cn[nH]c6C(C)(C)[C@@H]5CC[C@]43C)[C@H]12. The number of amides is 1. The van der Waals surface area contributed by atoms with E-state index in [2.05, 4.69) is 81.2 Å². The van der Waals surface area contributed by atoms with Crippen LogP contribution in [0.5, 0.6) is 0 Å². The van der Waals surface area contributed by atoms with E-state index in [0.29, 0.717) is 35.5 Å². The number of H-pyrrole nitrogens is 1. The van der Waals surface area contributed by atoms with Gasteiger partial charge >= 0.3 is 0 Å². The average Bonchev–Trinajstić information content (AvgIpc) is 3.40. The number of nitrogens with one attached hydrogen (secondary N) is 2. The van der Waals surface area contributed by atoms with Gasteiger partial charge in [-0.2, -0.15) is 5.10 Å². The molecule has 1 saturated heterocycles. The zero-order valence-corrected chi connectivity index (χ0v) is 26.3. The predicted octanol–water partition coefficient (Wildman–Crippen LogP) is 6.51. The van der Waals surface area contributed by atoms with E-state index in [0.717, 1.165) is 45.4 Å². The first-order chi connectivity index (χ1) is 18.9. The van der Waals surface area contributed by atoms with Gasteiger partial charge in [0.25, 0.3) is 0 Å². The molecule has 2 heterocycles. The largest absolute Gasteiger partial charge is 0.340 e. The Morgan fingerprint density at radius 3 is 2.48 bits per heavy atom.